The van der Waals surface area contributed by atoms with Crippen LogP contribution in [0.25, 0.3) is 0 Å². The van der Waals surface area contributed by atoms with Gasteiger partial charge in [0.1, 0.15) is 27.4 Å². The van der Waals surface area contributed by atoms with E-state index < -0.39 is 0 Å². The molecule has 0 bridgehead atoms. The number of urea groups is 1. The molecule has 3 amide bonds. The van der Waals surface area contributed by atoms with Gasteiger partial charge in [0, 0.05) is 63.7 Å². The van der Waals surface area contributed by atoms with E-state index in [2.05, 4.69) is 4.98 Å². The molecular formula is C27H35Cl2N7O4. The van der Waals surface area contributed by atoms with Crippen molar-refractivity contribution < 1.29 is 19.1 Å². The number of carbonyl (C=O) groups is 2. The van der Waals surface area contributed by atoms with Gasteiger partial charge in [0.05, 0.1) is 26.5 Å². The zero-order valence-electron chi connectivity index (χ0n) is 23.6. The minimum atomic E-state index is -0.328. The SMILES string of the molecule is COc1cc(OC)c(Cl)c(N2Cc3cnc(N(C)C)nc3N(C3CCN(C(=O)C=CCN(C)C)CC3)C2=O)c1Cl. The number of hydrogen-bond donors (Lipinski definition) is 0. The lowest BCUT2D eigenvalue weighted by atomic mass is 10.0. The van der Waals surface area contributed by atoms with E-state index in [1.807, 2.05) is 44.1 Å². The van der Waals surface area contributed by atoms with Crippen molar-refractivity contribution in [1.29, 1.82) is 0 Å². The van der Waals surface area contributed by atoms with E-state index in [-0.39, 0.29) is 40.3 Å². The van der Waals surface area contributed by atoms with Crippen LogP contribution in [-0.2, 0) is 11.3 Å². The maximum atomic E-state index is 14.3. The van der Waals surface area contributed by atoms with E-state index in [0.717, 1.165) is 5.56 Å². The first-order valence-corrected chi connectivity index (χ1v) is 13.7. The van der Waals surface area contributed by atoms with Gasteiger partial charge in [-0.3, -0.25) is 14.6 Å². The van der Waals surface area contributed by atoms with Gasteiger partial charge in [0.15, 0.2) is 0 Å². The van der Waals surface area contributed by atoms with Gasteiger partial charge in [0.2, 0.25) is 11.9 Å². The third-order valence-electron chi connectivity index (χ3n) is 6.92. The molecule has 1 saturated heterocycles. The second kappa shape index (κ2) is 12.5. The van der Waals surface area contributed by atoms with E-state index in [1.54, 1.807) is 28.1 Å². The van der Waals surface area contributed by atoms with Crippen molar-refractivity contribution in [2.45, 2.75) is 25.4 Å². The average molecular weight is 593 g/mol. The number of anilines is 3. The largest absolute Gasteiger partial charge is 0.495 e. The molecular weight excluding hydrogens is 557 g/mol. The first kappa shape index (κ1) is 29.7. The van der Waals surface area contributed by atoms with E-state index in [4.69, 9.17) is 37.7 Å². The molecule has 0 N–H and O–H groups in total. The summed E-state index contributed by atoms with van der Waals surface area (Å²) in [6.45, 7) is 1.86. The molecule has 0 saturated carbocycles. The van der Waals surface area contributed by atoms with Crippen molar-refractivity contribution in [3.05, 3.63) is 40.0 Å². The quantitative estimate of drug-likeness (QED) is 0.426. The second-order valence-electron chi connectivity index (χ2n) is 10.1. The Labute approximate surface area is 244 Å². The van der Waals surface area contributed by atoms with E-state index in [9.17, 15) is 9.59 Å². The normalized spacial score (nSPS) is 16.1. The summed E-state index contributed by atoms with van der Waals surface area (Å²) < 4.78 is 10.9. The molecule has 2 aromatic rings. The lowest BCUT2D eigenvalue weighted by Gasteiger charge is -2.43. The number of rotatable bonds is 8. The smallest absolute Gasteiger partial charge is 0.330 e. The van der Waals surface area contributed by atoms with Gasteiger partial charge in [0.25, 0.3) is 0 Å². The van der Waals surface area contributed by atoms with Crippen LogP contribution < -0.4 is 24.2 Å². The van der Waals surface area contributed by atoms with Crippen LogP contribution >= 0.6 is 23.2 Å². The summed E-state index contributed by atoms with van der Waals surface area (Å²) in [4.78, 5) is 45.0. The molecule has 2 aliphatic rings. The lowest BCUT2D eigenvalue weighted by molar-refractivity contribution is -0.127. The van der Waals surface area contributed by atoms with E-state index >= 15 is 0 Å². The molecule has 1 aromatic carbocycles. The zero-order valence-corrected chi connectivity index (χ0v) is 25.2. The highest BCUT2D eigenvalue weighted by molar-refractivity contribution is 6.42. The molecule has 11 nitrogen and oxygen atoms in total. The van der Waals surface area contributed by atoms with Crippen LogP contribution in [0.5, 0.6) is 11.5 Å². The average Bonchev–Trinajstić information content (AvgIpc) is 2.93. The fourth-order valence-electron chi connectivity index (χ4n) is 4.81. The van der Waals surface area contributed by atoms with E-state index in [0.29, 0.717) is 55.7 Å². The molecule has 4 rings (SSSR count). The second-order valence-corrected chi connectivity index (χ2v) is 10.9. The van der Waals surface area contributed by atoms with Gasteiger partial charge in [-0.25, -0.2) is 9.78 Å². The Morgan fingerprint density at radius 2 is 1.73 bits per heavy atom. The Morgan fingerprint density at radius 3 is 2.27 bits per heavy atom. The van der Waals surface area contributed by atoms with Crippen LogP contribution in [-0.4, -0.2) is 99.8 Å². The standard InChI is InChI=1S/C27H35Cl2N7O4/c1-32(2)11-7-8-21(37)34-12-9-18(10-13-34)36-25-17(15-30-26(31-25)33(3)4)16-35(27(36)38)24-22(28)19(39-5)14-20(40-6)23(24)29/h7-8,14-15,18H,9-13,16H2,1-6H3. The lowest BCUT2D eigenvalue weighted by Crippen LogP contribution is -2.55. The van der Waals surface area contributed by atoms with Crippen molar-refractivity contribution in [3.8, 4) is 11.5 Å². The minimum absolute atomic E-state index is 0.0356. The van der Waals surface area contributed by atoms with Crippen molar-refractivity contribution in [2.75, 3.05) is 76.7 Å². The van der Waals surface area contributed by atoms with Gasteiger partial charge in [-0.15, -0.1) is 0 Å². The first-order valence-electron chi connectivity index (χ1n) is 12.9. The van der Waals surface area contributed by atoms with Crippen molar-refractivity contribution in [3.63, 3.8) is 0 Å². The molecule has 0 atom stereocenters. The number of aromatic nitrogens is 2. The monoisotopic (exact) mass is 591 g/mol. The van der Waals surface area contributed by atoms with Crippen LogP contribution in [0.4, 0.5) is 22.2 Å². The summed E-state index contributed by atoms with van der Waals surface area (Å²) >= 11 is 13.4. The Kier molecular flexibility index (Phi) is 9.27. The number of piperidine rings is 1. The summed E-state index contributed by atoms with van der Waals surface area (Å²) in [5.41, 5.74) is 1.03. The zero-order chi connectivity index (χ0) is 29.1. The fourth-order valence-corrected chi connectivity index (χ4v) is 5.52. The molecule has 1 aromatic heterocycles. The van der Waals surface area contributed by atoms with Gasteiger partial charge < -0.3 is 24.2 Å². The molecule has 0 unspecified atom stereocenters. The first-order chi connectivity index (χ1) is 19.1. The molecule has 3 heterocycles. The van der Waals surface area contributed by atoms with Gasteiger partial charge >= 0.3 is 6.03 Å². The summed E-state index contributed by atoms with van der Waals surface area (Å²) in [6.07, 6.45) is 6.34. The molecule has 0 radical (unpaired) electrons. The minimum Gasteiger partial charge on any atom is -0.495 e. The maximum Gasteiger partial charge on any atom is 0.330 e. The fraction of sp³-hybridized carbons (Fsp3) is 0.481. The van der Waals surface area contributed by atoms with Crippen molar-refractivity contribution in [1.82, 2.24) is 19.8 Å². The van der Waals surface area contributed by atoms with Gasteiger partial charge in [-0.05, 0) is 26.9 Å². The Morgan fingerprint density at radius 1 is 1.10 bits per heavy atom. The molecule has 0 aliphatic carbocycles. The summed E-state index contributed by atoms with van der Waals surface area (Å²) in [5.74, 6) is 1.65. The third kappa shape index (κ3) is 5.91. The van der Waals surface area contributed by atoms with Crippen molar-refractivity contribution >= 4 is 52.6 Å². The Hall–Kier alpha value is -3.28. The number of amides is 3. The summed E-state index contributed by atoms with van der Waals surface area (Å²) in [6, 6.07) is 1.05. The van der Waals surface area contributed by atoms with Crippen LogP contribution in [0.3, 0.4) is 0 Å². The van der Waals surface area contributed by atoms with Crippen LogP contribution in [0, 0.1) is 0 Å². The van der Waals surface area contributed by atoms with E-state index in [1.165, 1.54) is 19.1 Å². The van der Waals surface area contributed by atoms with Crippen LogP contribution in [0.15, 0.2) is 24.4 Å². The van der Waals surface area contributed by atoms with Gasteiger partial charge in [-0.2, -0.15) is 4.98 Å². The number of halogens is 2. The number of methoxy groups -OCH3 is 2. The molecule has 40 heavy (non-hydrogen) atoms. The molecule has 2 aliphatic heterocycles. The number of likely N-dealkylation sites (tertiary alicyclic amines) is 1. The predicted molar refractivity (Wildman–Crippen MR) is 157 cm³/mol. The van der Waals surface area contributed by atoms with Gasteiger partial charge in [-0.1, -0.05) is 29.3 Å². The summed E-state index contributed by atoms with van der Waals surface area (Å²) in [7, 11) is 10.6. The Bertz CT molecular complexity index is 1270. The van der Waals surface area contributed by atoms with Crippen molar-refractivity contribution in [2.24, 2.45) is 0 Å². The number of carbonyl (C=O) groups excluding carboxylic acids is 2. The molecule has 13 heteroatoms. The molecule has 216 valence electrons. The Balaban J connectivity index is 1.70. The number of nitrogens with zero attached hydrogens (tertiary/aromatic N) is 7. The van der Waals surface area contributed by atoms with Crippen LogP contribution in [0.1, 0.15) is 18.4 Å². The highest BCUT2D eigenvalue weighted by Crippen LogP contribution is 2.48. The molecule has 1 fully saturated rings. The number of ether oxygens (including phenoxy) is 2. The number of fused-ring (bicyclic) bond motifs is 1. The molecule has 0 spiro atoms. The summed E-state index contributed by atoms with van der Waals surface area (Å²) in [5, 5.41) is 0.390. The highest BCUT2D eigenvalue weighted by atomic mass is 35.5. The topological polar surface area (TPSA) is 94.6 Å². The predicted octanol–water partition coefficient (Wildman–Crippen LogP) is 3.92. The van der Waals surface area contributed by atoms with Crippen LogP contribution in [0.2, 0.25) is 10.0 Å². The number of benzene rings is 1. The maximum absolute atomic E-state index is 14.3. The number of likely N-dealkylation sites (N-methyl/N-ethyl adjacent to an activating group) is 1. The number of hydrogen-bond acceptors (Lipinski definition) is 8. The highest BCUT2D eigenvalue weighted by Gasteiger charge is 2.41. The third-order valence-corrected chi connectivity index (χ3v) is 7.65.